The maximum Gasteiger partial charge on any atom is 0.222 e. The fourth-order valence-electron chi connectivity index (χ4n) is 2.57. The van der Waals surface area contributed by atoms with Crippen molar-refractivity contribution in [1.29, 1.82) is 0 Å². The van der Waals surface area contributed by atoms with Crippen LogP contribution in [-0.2, 0) is 23.8 Å². The fourth-order valence-corrected chi connectivity index (χ4v) is 2.57. The summed E-state index contributed by atoms with van der Waals surface area (Å²) >= 11 is 0. The van der Waals surface area contributed by atoms with E-state index >= 15 is 0 Å². The summed E-state index contributed by atoms with van der Waals surface area (Å²) in [7, 11) is 0. The van der Waals surface area contributed by atoms with Crippen molar-refractivity contribution < 1.29 is 44.2 Å². The summed E-state index contributed by atoms with van der Waals surface area (Å²) < 4.78 is 15.7. The van der Waals surface area contributed by atoms with Gasteiger partial charge in [0, 0.05) is 19.4 Å². The molecular weight excluding hydrogens is 376 g/mol. The second-order valence-corrected chi connectivity index (χ2v) is 6.50. The van der Waals surface area contributed by atoms with Gasteiger partial charge in [-0.1, -0.05) is 6.92 Å². The summed E-state index contributed by atoms with van der Waals surface area (Å²) in [4.78, 5) is 23.0. The van der Waals surface area contributed by atoms with Gasteiger partial charge in [-0.25, -0.2) is 0 Å². The van der Waals surface area contributed by atoms with Crippen LogP contribution in [-0.4, -0.2) is 102 Å². The fraction of sp³-hybridized carbons (Fsp3) is 0.882. The average Bonchev–Trinajstić information content (AvgIpc) is 2.69. The van der Waals surface area contributed by atoms with Gasteiger partial charge in [-0.15, -0.1) is 0 Å². The average molecular weight is 408 g/mol. The van der Waals surface area contributed by atoms with Gasteiger partial charge >= 0.3 is 0 Å². The molecule has 0 aliphatic carbocycles. The lowest BCUT2D eigenvalue weighted by Gasteiger charge is -2.39. The topological polar surface area (TPSA) is 181 Å². The van der Waals surface area contributed by atoms with Gasteiger partial charge < -0.3 is 45.7 Å². The molecule has 11 heteroatoms. The van der Waals surface area contributed by atoms with Crippen LogP contribution in [0.2, 0.25) is 0 Å². The molecule has 0 radical (unpaired) electrons. The molecule has 1 aliphatic heterocycles. The predicted molar refractivity (Wildman–Crippen MR) is 96.1 cm³/mol. The molecule has 0 spiro atoms. The van der Waals surface area contributed by atoms with E-state index in [-0.39, 0.29) is 37.9 Å². The first-order valence-electron chi connectivity index (χ1n) is 9.36. The maximum atomic E-state index is 11.6. The van der Waals surface area contributed by atoms with E-state index in [0.29, 0.717) is 19.4 Å². The second-order valence-electron chi connectivity index (χ2n) is 6.50. The number of hydrogen-bond donors (Lipinski definition) is 6. The van der Waals surface area contributed by atoms with Crippen LogP contribution < -0.4 is 11.1 Å². The molecule has 11 nitrogen and oxygen atoms in total. The number of ketones is 1. The third-order valence-corrected chi connectivity index (χ3v) is 4.37. The summed E-state index contributed by atoms with van der Waals surface area (Å²) in [5, 5.41) is 40.9. The number of hydrogen-bond acceptors (Lipinski definition) is 10. The summed E-state index contributed by atoms with van der Waals surface area (Å²) in [5.74, 6) is -0.275. The van der Waals surface area contributed by atoms with Gasteiger partial charge in [0.2, 0.25) is 5.91 Å². The molecule has 28 heavy (non-hydrogen) atoms. The van der Waals surface area contributed by atoms with Crippen molar-refractivity contribution in [1.82, 2.24) is 5.32 Å². The van der Waals surface area contributed by atoms with Crippen molar-refractivity contribution in [2.24, 2.45) is 5.73 Å². The van der Waals surface area contributed by atoms with Crippen molar-refractivity contribution in [3.05, 3.63) is 0 Å². The summed E-state index contributed by atoms with van der Waals surface area (Å²) in [6.45, 7) is 1.78. The molecule has 3 unspecified atom stereocenters. The Balaban J connectivity index is 2.11. The predicted octanol–water partition coefficient (Wildman–Crippen LogP) is -2.98. The minimum atomic E-state index is -1.50. The molecule has 1 amide bonds. The summed E-state index contributed by atoms with van der Waals surface area (Å²) in [6.07, 6.45) is -5.77. The highest BCUT2D eigenvalue weighted by molar-refractivity contribution is 5.83. The Bertz CT molecular complexity index is 478. The minimum Gasteiger partial charge on any atom is -0.394 e. The number of carbonyl (C=O) groups is 2. The van der Waals surface area contributed by atoms with E-state index < -0.39 is 43.4 Å². The Hall–Kier alpha value is -1.18. The highest BCUT2D eigenvalue weighted by Crippen LogP contribution is 2.21. The number of ether oxygens (including phenoxy) is 3. The van der Waals surface area contributed by atoms with E-state index in [1.807, 2.05) is 0 Å². The zero-order valence-electron chi connectivity index (χ0n) is 16.0. The number of rotatable bonds is 13. The Morgan fingerprint density at radius 2 is 1.86 bits per heavy atom. The van der Waals surface area contributed by atoms with E-state index in [1.54, 1.807) is 6.92 Å². The third kappa shape index (κ3) is 8.05. The molecule has 7 N–H and O–H groups in total. The largest absolute Gasteiger partial charge is 0.394 e. The lowest BCUT2D eigenvalue weighted by Crippen LogP contribution is -2.59. The molecule has 0 aromatic carbocycles. The first-order chi connectivity index (χ1) is 13.3. The van der Waals surface area contributed by atoms with Crippen molar-refractivity contribution in [2.45, 2.75) is 62.9 Å². The number of aliphatic hydroxyl groups is 4. The van der Waals surface area contributed by atoms with Crippen LogP contribution in [0.5, 0.6) is 0 Å². The van der Waals surface area contributed by atoms with E-state index in [9.17, 15) is 24.9 Å². The lowest BCUT2D eigenvalue weighted by atomic mass is 9.99. The molecule has 6 atom stereocenters. The zero-order valence-corrected chi connectivity index (χ0v) is 16.0. The van der Waals surface area contributed by atoms with Crippen LogP contribution in [0.15, 0.2) is 0 Å². The van der Waals surface area contributed by atoms with Crippen molar-refractivity contribution in [3.63, 3.8) is 0 Å². The van der Waals surface area contributed by atoms with Crippen LogP contribution in [0.1, 0.15) is 26.2 Å². The first-order valence-corrected chi connectivity index (χ1v) is 9.36. The second kappa shape index (κ2) is 13.1. The van der Waals surface area contributed by atoms with Gasteiger partial charge in [0.25, 0.3) is 0 Å². The highest BCUT2D eigenvalue weighted by atomic mass is 16.7. The maximum absolute atomic E-state index is 11.6. The Morgan fingerprint density at radius 3 is 2.50 bits per heavy atom. The zero-order chi connectivity index (χ0) is 21.1. The Kier molecular flexibility index (Phi) is 11.6. The molecule has 0 aromatic heterocycles. The smallest absolute Gasteiger partial charge is 0.222 e. The van der Waals surface area contributed by atoms with Crippen molar-refractivity contribution in [2.75, 3.05) is 33.0 Å². The van der Waals surface area contributed by atoms with E-state index in [2.05, 4.69) is 5.32 Å². The van der Waals surface area contributed by atoms with Gasteiger partial charge in [-0.3, -0.25) is 9.59 Å². The molecule has 0 aromatic rings. The van der Waals surface area contributed by atoms with Gasteiger partial charge in [-0.2, -0.15) is 0 Å². The SMILES string of the molecule is CCC(=O)[C@@H](N)CCNC(=O)CCOCCO[C@H]1OC(CO)C(O)[C@H](O)C1O. The third-order valence-electron chi connectivity index (χ3n) is 4.37. The van der Waals surface area contributed by atoms with Crippen molar-refractivity contribution in [3.8, 4) is 0 Å². The van der Waals surface area contributed by atoms with Crippen LogP contribution in [0.3, 0.4) is 0 Å². The normalized spacial score (nSPS) is 28.7. The number of Topliss-reactive ketones (excluding diaryl/α,β-unsaturated/α-hetero) is 1. The Labute approximate surface area is 163 Å². The van der Waals surface area contributed by atoms with Crippen LogP contribution in [0.25, 0.3) is 0 Å². The number of nitrogens with two attached hydrogens (primary N) is 1. The molecule has 1 rings (SSSR count). The number of amides is 1. The molecule has 0 bridgehead atoms. The van der Waals surface area contributed by atoms with E-state index in [4.69, 9.17) is 25.1 Å². The quantitative estimate of drug-likeness (QED) is 0.172. The van der Waals surface area contributed by atoms with E-state index in [1.165, 1.54) is 0 Å². The van der Waals surface area contributed by atoms with E-state index in [0.717, 1.165) is 0 Å². The molecule has 0 saturated carbocycles. The highest BCUT2D eigenvalue weighted by Gasteiger charge is 2.43. The van der Waals surface area contributed by atoms with Gasteiger partial charge in [0.05, 0.1) is 32.5 Å². The molecular formula is C17H32N2O9. The van der Waals surface area contributed by atoms with Crippen LogP contribution in [0, 0.1) is 0 Å². The van der Waals surface area contributed by atoms with Gasteiger partial charge in [0.15, 0.2) is 6.29 Å². The van der Waals surface area contributed by atoms with Gasteiger partial charge in [0.1, 0.15) is 30.2 Å². The molecule has 1 fully saturated rings. The molecule has 1 aliphatic rings. The number of nitrogens with one attached hydrogen (secondary N) is 1. The Morgan fingerprint density at radius 1 is 1.14 bits per heavy atom. The summed E-state index contributed by atoms with van der Waals surface area (Å²) in [6, 6.07) is -0.568. The number of aliphatic hydroxyl groups excluding tert-OH is 4. The lowest BCUT2D eigenvalue weighted by molar-refractivity contribution is -0.302. The molecule has 1 saturated heterocycles. The standard InChI is InChI=1S/C17H32N2O9/c1-2-11(21)10(18)3-5-19-13(22)4-6-26-7-8-27-17-16(25)15(24)14(23)12(9-20)28-17/h10,12,14-17,20,23-25H,2-9,18H2,1H3,(H,19,22)/t10-,12?,14?,15-,16?,17-/m0/s1. The number of carbonyl (C=O) groups excluding carboxylic acids is 2. The van der Waals surface area contributed by atoms with Crippen LogP contribution in [0.4, 0.5) is 0 Å². The van der Waals surface area contributed by atoms with Gasteiger partial charge in [-0.05, 0) is 6.42 Å². The first kappa shape index (κ1) is 24.9. The van der Waals surface area contributed by atoms with Crippen LogP contribution >= 0.6 is 0 Å². The molecule has 1 heterocycles. The molecule has 164 valence electrons. The minimum absolute atomic E-state index is 0.0122. The summed E-state index contributed by atoms with van der Waals surface area (Å²) in [5.41, 5.74) is 5.66. The van der Waals surface area contributed by atoms with Crippen molar-refractivity contribution >= 4 is 11.7 Å². The monoisotopic (exact) mass is 408 g/mol.